The first kappa shape index (κ1) is 21.7. The Kier molecular flexibility index (Phi) is 5.98. The first-order valence-corrected chi connectivity index (χ1v) is 10.8. The molecule has 0 aromatic heterocycles. The average Bonchev–Trinajstić information content (AvgIpc) is 3.41. The van der Waals surface area contributed by atoms with Gasteiger partial charge in [-0.15, -0.1) is 0 Å². The minimum Gasteiger partial charge on any atom is -0.444 e. The van der Waals surface area contributed by atoms with Crippen molar-refractivity contribution in [2.75, 3.05) is 26.7 Å². The summed E-state index contributed by atoms with van der Waals surface area (Å²) in [5.41, 5.74) is 2.79. The van der Waals surface area contributed by atoms with Gasteiger partial charge in [-0.3, -0.25) is 4.79 Å². The Balaban J connectivity index is 1.64. The number of rotatable bonds is 4. The van der Waals surface area contributed by atoms with Gasteiger partial charge in [-0.25, -0.2) is 4.79 Å². The van der Waals surface area contributed by atoms with Gasteiger partial charge in [0, 0.05) is 26.7 Å². The lowest BCUT2D eigenvalue weighted by Gasteiger charge is -2.37. The van der Waals surface area contributed by atoms with Crippen LogP contribution in [-0.2, 0) is 14.9 Å². The molecule has 1 saturated carbocycles. The van der Waals surface area contributed by atoms with Crippen LogP contribution in [0.5, 0.6) is 0 Å². The molecule has 1 unspecified atom stereocenters. The van der Waals surface area contributed by atoms with Gasteiger partial charge >= 0.3 is 6.09 Å². The Bertz CT molecular complexity index is 757. The number of nitrogens with zero attached hydrogens (tertiary/aromatic N) is 2. The third-order valence-corrected chi connectivity index (χ3v) is 5.98. The highest BCUT2D eigenvalue weighted by atomic mass is 16.6. The Hall–Kier alpha value is -2.04. The highest BCUT2D eigenvalue weighted by molar-refractivity contribution is 5.91. The summed E-state index contributed by atoms with van der Waals surface area (Å²) in [6, 6.07) is 6.51. The number of ether oxygens (including phenoxy) is 1. The molecule has 1 aliphatic heterocycles. The third kappa shape index (κ3) is 5.12. The van der Waals surface area contributed by atoms with E-state index in [4.69, 9.17) is 4.74 Å². The number of likely N-dealkylation sites (tertiary alicyclic amines) is 1. The smallest absolute Gasteiger partial charge is 0.410 e. The quantitative estimate of drug-likeness (QED) is 0.751. The van der Waals surface area contributed by atoms with Crippen molar-refractivity contribution in [3.63, 3.8) is 0 Å². The van der Waals surface area contributed by atoms with E-state index >= 15 is 0 Å². The summed E-state index contributed by atoms with van der Waals surface area (Å²) in [6.07, 6.45) is 3.60. The molecular weight excluding hydrogens is 364 g/mol. The molecule has 2 aliphatic rings. The van der Waals surface area contributed by atoms with Crippen LogP contribution in [0.25, 0.3) is 0 Å². The van der Waals surface area contributed by atoms with Gasteiger partial charge < -0.3 is 14.5 Å². The molecule has 5 heteroatoms. The standard InChI is InChI=1S/C24H36N2O3/c1-17-12-18(2)14-20(13-17)24(9-10-24)21(27)26-11-7-8-19(16-26)15-25(6)22(28)29-23(3,4)5/h12-14,19H,7-11,15-16H2,1-6H3. The zero-order chi connectivity index (χ0) is 21.4. The van der Waals surface area contributed by atoms with Crippen molar-refractivity contribution in [3.05, 3.63) is 34.9 Å². The molecule has 2 amide bonds. The van der Waals surface area contributed by atoms with E-state index < -0.39 is 5.60 Å². The number of aryl methyl sites for hydroxylation is 2. The molecule has 0 N–H and O–H groups in total. The molecule has 1 heterocycles. The van der Waals surface area contributed by atoms with E-state index in [1.807, 2.05) is 25.7 Å². The fourth-order valence-electron chi connectivity index (χ4n) is 4.50. The van der Waals surface area contributed by atoms with Crippen LogP contribution >= 0.6 is 0 Å². The molecule has 1 aromatic carbocycles. The third-order valence-electron chi connectivity index (χ3n) is 5.98. The second-order valence-corrected chi connectivity index (χ2v) is 10.1. The van der Waals surface area contributed by atoms with E-state index in [-0.39, 0.29) is 17.4 Å². The second kappa shape index (κ2) is 8.00. The number of benzene rings is 1. The van der Waals surface area contributed by atoms with E-state index in [0.29, 0.717) is 12.5 Å². The summed E-state index contributed by atoms with van der Waals surface area (Å²) in [5, 5.41) is 0. The van der Waals surface area contributed by atoms with Gasteiger partial charge in [-0.2, -0.15) is 0 Å². The van der Waals surface area contributed by atoms with Crippen LogP contribution in [0.4, 0.5) is 4.79 Å². The molecule has 29 heavy (non-hydrogen) atoms. The van der Waals surface area contributed by atoms with Crippen molar-refractivity contribution >= 4 is 12.0 Å². The summed E-state index contributed by atoms with van der Waals surface area (Å²) < 4.78 is 5.47. The van der Waals surface area contributed by atoms with E-state index in [9.17, 15) is 9.59 Å². The molecule has 0 spiro atoms. The Morgan fingerprint density at radius 1 is 1.17 bits per heavy atom. The Morgan fingerprint density at radius 3 is 2.34 bits per heavy atom. The molecular formula is C24H36N2O3. The summed E-state index contributed by atoms with van der Waals surface area (Å²) in [5.74, 6) is 0.562. The van der Waals surface area contributed by atoms with E-state index in [1.165, 1.54) is 16.7 Å². The Labute approximate surface area is 175 Å². The summed E-state index contributed by atoms with van der Waals surface area (Å²) >= 11 is 0. The predicted octanol–water partition coefficient (Wildman–Crippen LogP) is 4.44. The molecule has 1 atom stereocenters. The SMILES string of the molecule is Cc1cc(C)cc(C2(C(=O)N3CCCC(CN(C)C(=O)OC(C)(C)C)C3)CC2)c1. The van der Waals surface area contributed by atoms with Crippen molar-refractivity contribution < 1.29 is 14.3 Å². The summed E-state index contributed by atoms with van der Waals surface area (Å²) in [6.45, 7) is 12.0. The number of hydrogen-bond donors (Lipinski definition) is 0. The van der Waals surface area contributed by atoms with Crippen molar-refractivity contribution in [2.45, 2.75) is 71.3 Å². The van der Waals surface area contributed by atoms with Crippen LogP contribution < -0.4 is 0 Å². The maximum absolute atomic E-state index is 13.5. The lowest BCUT2D eigenvalue weighted by atomic mass is 9.89. The number of amides is 2. The minimum absolute atomic E-state index is 0.270. The number of carbonyl (C=O) groups is 2. The second-order valence-electron chi connectivity index (χ2n) is 10.1. The highest BCUT2D eigenvalue weighted by Crippen LogP contribution is 2.50. The van der Waals surface area contributed by atoms with Crippen LogP contribution in [0.1, 0.15) is 63.1 Å². The topological polar surface area (TPSA) is 49.9 Å². The van der Waals surface area contributed by atoms with Crippen molar-refractivity contribution in [1.82, 2.24) is 9.80 Å². The fourth-order valence-corrected chi connectivity index (χ4v) is 4.50. The monoisotopic (exact) mass is 400 g/mol. The van der Waals surface area contributed by atoms with E-state index in [0.717, 1.165) is 38.8 Å². The van der Waals surface area contributed by atoms with Gasteiger partial charge in [0.15, 0.2) is 0 Å². The highest BCUT2D eigenvalue weighted by Gasteiger charge is 2.53. The normalized spacial score (nSPS) is 20.9. The van der Waals surface area contributed by atoms with Gasteiger partial charge in [0.1, 0.15) is 5.60 Å². The van der Waals surface area contributed by atoms with Gasteiger partial charge in [-0.05, 0) is 71.8 Å². The molecule has 160 valence electrons. The molecule has 5 nitrogen and oxygen atoms in total. The number of carbonyl (C=O) groups excluding carboxylic acids is 2. The first-order chi connectivity index (χ1) is 13.5. The van der Waals surface area contributed by atoms with Gasteiger partial charge in [0.25, 0.3) is 0 Å². The zero-order valence-electron chi connectivity index (χ0n) is 18.9. The fraction of sp³-hybridized carbons (Fsp3) is 0.667. The molecule has 0 radical (unpaired) electrons. The van der Waals surface area contributed by atoms with Crippen LogP contribution in [0, 0.1) is 19.8 Å². The largest absolute Gasteiger partial charge is 0.444 e. The van der Waals surface area contributed by atoms with Gasteiger partial charge in [-0.1, -0.05) is 29.3 Å². The molecule has 1 saturated heterocycles. The average molecular weight is 401 g/mol. The van der Waals surface area contributed by atoms with E-state index in [2.05, 4.69) is 32.0 Å². The molecule has 1 aromatic rings. The van der Waals surface area contributed by atoms with Crippen LogP contribution in [0.15, 0.2) is 18.2 Å². The van der Waals surface area contributed by atoms with Crippen molar-refractivity contribution in [2.24, 2.45) is 5.92 Å². The molecule has 1 aliphatic carbocycles. The van der Waals surface area contributed by atoms with Crippen molar-refractivity contribution in [3.8, 4) is 0 Å². The zero-order valence-corrected chi connectivity index (χ0v) is 18.9. The van der Waals surface area contributed by atoms with Crippen LogP contribution in [0.2, 0.25) is 0 Å². The summed E-state index contributed by atoms with van der Waals surface area (Å²) in [4.78, 5) is 29.5. The number of hydrogen-bond acceptors (Lipinski definition) is 3. The molecule has 0 bridgehead atoms. The van der Waals surface area contributed by atoms with Gasteiger partial charge in [0.05, 0.1) is 5.41 Å². The Morgan fingerprint density at radius 2 is 1.79 bits per heavy atom. The lowest BCUT2D eigenvalue weighted by molar-refractivity contribution is -0.135. The predicted molar refractivity (Wildman–Crippen MR) is 115 cm³/mol. The maximum Gasteiger partial charge on any atom is 0.410 e. The first-order valence-electron chi connectivity index (χ1n) is 10.8. The van der Waals surface area contributed by atoms with Crippen molar-refractivity contribution in [1.29, 1.82) is 0 Å². The minimum atomic E-state index is -0.496. The molecule has 2 fully saturated rings. The van der Waals surface area contributed by atoms with Crippen LogP contribution in [0.3, 0.4) is 0 Å². The maximum atomic E-state index is 13.5. The molecule has 3 rings (SSSR count). The lowest BCUT2D eigenvalue weighted by Crippen LogP contribution is -2.48. The van der Waals surface area contributed by atoms with E-state index in [1.54, 1.807) is 11.9 Å². The van der Waals surface area contributed by atoms with Crippen LogP contribution in [-0.4, -0.2) is 54.1 Å². The summed E-state index contributed by atoms with van der Waals surface area (Å²) in [7, 11) is 1.78. The van der Waals surface area contributed by atoms with Gasteiger partial charge in [0.2, 0.25) is 5.91 Å². The number of piperidine rings is 1.